The largest absolute Gasteiger partial charge is 0.341 e. The van der Waals surface area contributed by atoms with E-state index in [0.29, 0.717) is 38.5 Å². The Labute approximate surface area is 197 Å². The lowest BCUT2D eigenvalue weighted by atomic mass is 9.94. The number of para-hydroxylation sites is 1. The van der Waals surface area contributed by atoms with Gasteiger partial charge in [0.05, 0.1) is 16.9 Å². The number of aryl methyl sites for hydroxylation is 1. The number of likely N-dealkylation sites (tertiary alicyclic amines) is 1. The van der Waals surface area contributed by atoms with Crippen molar-refractivity contribution in [3.8, 4) is 5.69 Å². The summed E-state index contributed by atoms with van der Waals surface area (Å²) in [5.41, 5.74) is 3.70. The summed E-state index contributed by atoms with van der Waals surface area (Å²) in [5.74, 6) is -2.26. The SMILES string of the molecule is Cc1nn(-c2ccccc2)c(C)c1CN(C)C(=O)C1CCN(C(=O)c2ccc(F)cc2F)CC1. The highest BCUT2D eigenvalue weighted by atomic mass is 19.1. The van der Waals surface area contributed by atoms with E-state index in [-0.39, 0.29) is 17.4 Å². The number of aromatic nitrogens is 2. The van der Waals surface area contributed by atoms with Gasteiger partial charge in [-0.2, -0.15) is 5.10 Å². The van der Waals surface area contributed by atoms with Crippen molar-refractivity contribution in [2.45, 2.75) is 33.2 Å². The third-order valence-corrected chi connectivity index (χ3v) is 6.51. The summed E-state index contributed by atoms with van der Waals surface area (Å²) in [7, 11) is 1.78. The van der Waals surface area contributed by atoms with Crippen molar-refractivity contribution in [2.75, 3.05) is 20.1 Å². The number of nitrogens with zero attached hydrogens (tertiary/aromatic N) is 4. The van der Waals surface area contributed by atoms with E-state index in [9.17, 15) is 18.4 Å². The molecule has 0 unspecified atom stereocenters. The lowest BCUT2D eigenvalue weighted by molar-refractivity contribution is -0.136. The second-order valence-electron chi connectivity index (χ2n) is 8.78. The summed E-state index contributed by atoms with van der Waals surface area (Å²) < 4.78 is 29.0. The van der Waals surface area contributed by atoms with Crippen LogP contribution >= 0.6 is 0 Å². The minimum Gasteiger partial charge on any atom is -0.341 e. The molecule has 2 heterocycles. The Morgan fingerprint density at radius 2 is 1.74 bits per heavy atom. The molecule has 2 amide bonds. The molecule has 0 spiro atoms. The molecule has 0 N–H and O–H groups in total. The van der Waals surface area contributed by atoms with Gasteiger partial charge in [-0.25, -0.2) is 13.5 Å². The fraction of sp³-hybridized carbons (Fsp3) is 0.346. The van der Waals surface area contributed by atoms with Gasteiger partial charge < -0.3 is 9.80 Å². The zero-order valence-corrected chi connectivity index (χ0v) is 19.6. The van der Waals surface area contributed by atoms with Crippen molar-refractivity contribution in [1.82, 2.24) is 19.6 Å². The summed E-state index contributed by atoms with van der Waals surface area (Å²) in [5, 5.41) is 4.66. The van der Waals surface area contributed by atoms with Crippen LogP contribution in [0.25, 0.3) is 5.69 Å². The molecule has 3 aromatic rings. The van der Waals surface area contributed by atoms with Gasteiger partial charge in [0.25, 0.3) is 5.91 Å². The van der Waals surface area contributed by atoms with E-state index in [1.165, 1.54) is 4.90 Å². The smallest absolute Gasteiger partial charge is 0.256 e. The van der Waals surface area contributed by atoms with E-state index in [0.717, 1.165) is 34.8 Å². The lowest BCUT2D eigenvalue weighted by Crippen LogP contribution is -2.43. The molecule has 34 heavy (non-hydrogen) atoms. The molecule has 0 radical (unpaired) electrons. The number of halogens is 2. The number of amides is 2. The molecule has 4 rings (SSSR count). The monoisotopic (exact) mass is 466 g/mol. The van der Waals surface area contributed by atoms with E-state index >= 15 is 0 Å². The van der Waals surface area contributed by atoms with Gasteiger partial charge in [-0.1, -0.05) is 18.2 Å². The Hall–Kier alpha value is -3.55. The Kier molecular flexibility index (Phi) is 6.77. The average molecular weight is 467 g/mol. The molecular weight excluding hydrogens is 438 g/mol. The third kappa shape index (κ3) is 4.71. The van der Waals surface area contributed by atoms with Crippen molar-refractivity contribution in [3.63, 3.8) is 0 Å². The van der Waals surface area contributed by atoms with Gasteiger partial charge in [-0.05, 0) is 51.0 Å². The Morgan fingerprint density at radius 3 is 2.38 bits per heavy atom. The molecule has 1 aliphatic heterocycles. The molecular formula is C26H28F2N4O2. The van der Waals surface area contributed by atoms with Crippen molar-refractivity contribution < 1.29 is 18.4 Å². The minimum atomic E-state index is -0.871. The predicted molar refractivity (Wildman–Crippen MR) is 124 cm³/mol. The van der Waals surface area contributed by atoms with Crippen LogP contribution in [0.2, 0.25) is 0 Å². The molecule has 0 aliphatic carbocycles. The van der Waals surface area contributed by atoms with E-state index in [1.54, 1.807) is 11.9 Å². The highest BCUT2D eigenvalue weighted by molar-refractivity contribution is 5.94. The molecule has 1 saturated heterocycles. The Bertz CT molecular complexity index is 1200. The van der Waals surface area contributed by atoms with Crippen molar-refractivity contribution in [3.05, 3.63) is 82.7 Å². The first-order valence-electron chi connectivity index (χ1n) is 11.4. The highest BCUT2D eigenvalue weighted by Crippen LogP contribution is 2.24. The quantitative estimate of drug-likeness (QED) is 0.564. The number of rotatable bonds is 5. The first kappa shape index (κ1) is 23.6. The maximum absolute atomic E-state index is 14.0. The highest BCUT2D eigenvalue weighted by Gasteiger charge is 2.31. The molecule has 2 aromatic carbocycles. The molecule has 6 nitrogen and oxygen atoms in total. The molecule has 1 aliphatic rings. The first-order valence-corrected chi connectivity index (χ1v) is 11.4. The maximum atomic E-state index is 14.0. The molecule has 1 fully saturated rings. The number of carbonyl (C=O) groups excluding carboxylic acids is 2. The average Bonchev–Trinajstić information content (AvgIpc) is 3.12. The summed E-state index contributed by atoms with van der Waals surface area (Å²) in [6.45, 7) is 5.09. The van der Waals surface area contributed by atoms with E-state index in [1.807, 2.05) is 48.9 Å². The summed E-state index contributed by atoms with van der Waals surface area (Å²) in [4.78, 5) is 29.0. The molecule has 0 bridgehead atoms. The van der Waals surface area contributed by atoms with Crippen LogP contribution in [0.3, 0.4) is 0 Å². The topological polar surface area (TPSA) is 58.4 Å². The number of hydrogen-bond donors (Lipinski definition) is 0. The number of carbonyl (C=O) groups is 2. The third-order valence-electron chi connectivity index (χ3n) is 6.51. The lowest BCUT2D eigenvalue weighted by Gasteiger charge is -2.33. The van der Waals surface area contributed by atoms with Crippen molar-refractivity contribution in [1.29, 1.82) is 0 Å². The van der Waals surface area contributed by atoms with Gasteiger partial charge >= 0.3 is 0 Å². The van der Waals surface area contributed by atoms with E-state index in [4.69, 9.17) is 0 Å². The van der Waals surface area contributed by atoms with Crippen molar-refractivity contribution in [2.24, 2.45) is 5.92 Å². The summed E-state index contributed by atoms with van der Waals surface area (Å²) in [6, 6.07) is 12.8. The van der Waals surface area contributed by atoms with Gasteiger partial charge in [0.2, 0.25) is 5.91 Å². The van der Waals surface area contributed by atoms with Crippen LogP contribution in [-0.2, 0) is 11.3 Å². The maximum Gasteiger partial charge on any atom is 0.256 e. The standard InChI is InChI=1S/C26H28F2N4O2/c1-17-23(18(2)32(29-17)21-7-5-4-6-8-21)16-30(3)25(33)19-11-13-31(14-12-19)26(34)22-10-9-20(27)15-24(22)28/h4-10,15,19H,11-14,16H2,1-3H3. The predicted octanol–water partition coefficient (Wildman–Crippen LogP) is 4.28. The molecule has 8 heteroatoms. The van der Waals surface area contributed by atoms with Crippen LogP contribution in [0.1, 0.15) is 40.2 Å². The molecule has 0 atom stereocenters. The normalized spacial score (nSPS) is 14.3. The summed E-state index contributed by atoms with van der Waals surface area (Å²) >= 11 is 0. The minimum absolute atomic E-state index is 0.0197. The van der Waals surface area contributed by atoms with Crippen LogP contribution in [-0.4, -0.2) is 51.5 Å². The zero-order chi connectivity index (χ0) is 24.4. The van der Waals surface area contributed by atoms with Gasteiger partial charge in [0.1, 0.15) is 11.6 Å². The second-order valence-corrected chi connectivity index (χ2v) is 8.78. The fourth-order valence-corrected chi connectivity index (χ4v) is 4.51. The first-order chi connectivity index (χ1) is 16.3. The number of piperidine rings is 1. The van der Waals surface area contributed by atoms with Gasteiger partial charge in [-0.15, -0.1) is 0 Å². The van der Waals surface area contributed by atoms with E-state index < -0.39 is 17.5 Å². The van der Waals surface area contributed by atoms with E-state index in [2.05, 4.69) is 5.10 Å². The Balaban J connectivity index is 1.38. The molecule has 178 valence electrons. The van der Waals surface area contributed by atoms with Crippen LogP contribution in [0.4, 0.5) is 8.78 Å². The van der Waals surface area contributed by atoms with Crippen LogP contribution < -0.4 is 0 Å². The van der Waals surface area contributed by atoms with Gasteiger partial charge in [-0.3, -0.25) is 9.59 Å². The zero-order valence-electron chi connectivity index (χ0n) is 19.6. The fourth-order valence-electron chi connectivity index (χ4n) is 4.51. The van der Waals surface area contributed by atoms with Gasteiger partial charge in [0.15, 0.2) is 0 Å². The van der Waals surface area contributed by atoms with Crippen LogP contribution in [0, 0.1) is 31.4 Å². The number of benzene rings is 2. The number of hydrogen-bond acceptors (Lipinski definition) is 3. The second kappa shape index (κ2) is 9.75. The van der Waals surface area contributed by atoms with Crippen LogP contribution in [0.15, 0.2) is 48.5 Å². The van der Waals surface area contributed by atoms with Gasteiger partial charge in [0, 0.05) is 49.9 Å². The van der Waals surface area contributed by atoms with Crippen LogP contribution in [0.5, 0.6) is 0 Å². The van der Waals surface area contributed by atoms with Crippen molar-refractivity contribution >= 4 is 11.8 Å². The Morgan fingerprint density at radius 1 is 1.06 bits per heavy atom. The summed E-state index contributed by atoms with van der Waals surface area (Å²) in [6.07, 6.45) is 0.998. The molecule has 1 aromatic heterocycles. The molecule has 0 saturated carbocycles.